The van der Waals surface area contributed by atoms with Crippen LogP contribution >= 0.6 is 0 Å². The molecule has 0 aliphatic carbocycles. The van der Waals surface area contributed by atoms with E-state index >= 15 is 0 Å². The van der Waals surface area contributed by atoms with Gasteiger partial charge in [0.25, 0.3) is 0 Å². The summed E-state index contributed by atoms with van der Waals surface area (Å²) in [6, 6.07) is 14.9. The van der Waals surface area contributed by atoms with E-state index in [1.807, 2.05) is 48.5 Å². The number of likely N-dealkylation sites (tertiary alicyclic amines) is 1. The fourth-order valence-corrected chi connectivity index (χ4v) is 2.96. The Balaban J connectivity index is 1.87. The minimum atomic E-state index is -0.517. The number of carbonyl (C=O) groups excluding carboxylic acids is 1. The molecule has 1 aliphatic rings. The first-order chi connectivity index (χ1) is 11.2. The van der Waals surface area contributed by atoms with Crippen LogP contribution in [0.5, 0.6) is 11.5 Å². The summed E-state index contributed by atoms with van der Waals surface area (Å²) in [5.41, 5.74) is 8.07. The molecule has 1 saturated heterocycles. The van der Waals surface area contributed by atoms with Gasteiger partial charge in [0, 0.05) is 6.54 Å². The molecule has 0 unspecified atom stereocenters. The molecule has 0 radical (unpaired) electrons. The zero-order valence-electron chi connectivity index (χ0n) is 13.2. The van der Waals surface area contributed by atoms with Crippen molar-refractivity contribution >= 4 is 5.91 Å². The van der Waals surface area contributed by atoms with Gasteiger partial charge in [-0.2, -0.15) is 0 Å². The van der Waals surface area contributed by atoms with Crippen molar-refractivity contribution in [2.75, 3.05) is 14.2 Å². The maximum atomic E-state index is 12.2. The molecule has 0 saturated carbocycles. The lowest BCUT2D eigenvalue weighted by Crippen LogP contribution is -2.62. The van der Waals surface area contributed by atoms with Crippen molar-refractivity contribution in [3.63, 3.8) is 0 Å². The van der Waals surface area contributed by atoms with Crippen molar-refractivity contribution in [1.29, 1.82) is 0 Å². The van der Waals surface area contributed by atoms with E-state index in [-0.39, 0.29) is 11.9 Å². The van der Waals surface area contributed by atoms with Gasteiger partial charge in [-0.15, -0.1) is 0 Å². The quantitative estimate of drug-likeness (QED) is 0.859. The van der Waals surface area contributed by atoms with E-state index in [9.17, 15) is 4.79 Å². The highest BCUT2D eigenvalue weighted by Gasteiger charge is 2.45. The van der Waals surface area contributed by atoms with Crippen LogP contribution in [-0.4, -0.2) is 31.1 Å². The Morgan fingerprint density at radius 3 is 2.39 bits per heavy atom. The van der Waals surface area contributed by atoms with Gasteiger partial charge in [0.1, 0.15) is 6.04 Å². The highest BCUT2D eigenvalue weighted by atomic mass is 16.5. The number of hydrogen-bond donors (Lipinski definition) is 1. The van der Waals surface area contributed by atoms with E-state index in [0.717, 1.165) is 11.1 Å². The van der Waals surface area contributed by atoms with Crippen LogP contribution in [-0.2, 0) is 11.3 Å². The molecule has 1 fully saturated rings. The molecule has 23 heavy (non-hydrogen) atoms. The van der Waals surface area contributed by atoms with Crippen LogP contribution in [0.25, 0.3) is 0 Å². The lowest BCUT2D eigenvalue weighted by atomic mass is 9.88. The molecule has 5 nitrogen and oxygen atoms in total. The zero-order valence-corrected chi connectivity index (χ0v) is 13.2. The van der Waals surface area contributed by atoms with Gasteiger partial charge in [-0.1, -0.05) is 36.4 Å². The van der Waals surface area contributed by atoms with E-state index in [1.54, 1.807) is 19.1 Å². The molecule has 3 rings (SSSR count). The van der Waals surface area contributed by atoms with Crippen molar-refractivity contribution in [3.05, 3.63) is 59.7 Å². The molecule has 2 N–H and O–H groups in total. The summed E-state index contributed by atoms with van der Waals surface area (Å²) in [5, 5.41) is 0. The summed E-state index contributed by atoms with van der Waals surface area (Å²) in [5.74, 6) is 1.26. The van der Waals surface area contributed by atoms with E-state index < -0.39 is 6.04 Å². The number of rotatable bonds is 5. The molecule has 5 heteroatoms. The maximum Gasteiger partial charge on any atom is 0.242 e. The number of nitrogens with zero attached hydrogens (tertiary/aromatic N) is 1. The van der Waals surface area contributed by atoms with Gasteiger partial charge in [-0.25, -0.2) is 0 Å². The molecule has 2 aromatic carbocycles. The predicted molar refractivity (Wildman–Crippen MR) is 87.3 cm³/mol. The smallest absolute Gasteiger partial charge is 0.242 e. The molecule has 0 spiro atoms. The number of benzene rings is 2. The molecule has 2 atom stereocenters. The average Bonchev–Trinajstić information content (AvgIpc) is 2.61. The summed E-state index contributed by atoms with van der Waals surface area (Å²) < 4.78 is 10.6. The zero-order chi connectivity index (χ0) is 16.4. The first kappa shape index (κ1) is 15.4. The standard InChI is InChI=1S/C18H20N2O3/c1-22-14-9-8-13(10-15(14)23-2)17-16(19)18(21)20(17)11-12-6-4-3-5-7-12/h3-10,16-17H,11,19H2,1-2H3/t16-,17-/m1/s1. The second-order valence-electron chi connectivity index (χ2n) is 5.54. The van der Waals surface area contributed by atoms with Gasteiger partial charge in [0.05, 0.1) is 20.3 Å². The molecule has 1 amide bonds. The van der Waals surface area contributed by atoms with Crippen LogP contribution in [0.2, 0.25) is 0 Å². The summed E-state index contributed by atoms with van der Waals surface area (Å²) in [6.07, 6.45) is 0. The van der Waals surface area contributed by atoms with E-state index in [4.69, 9.17) is 15.2 Å². The van der Waals surface area contributed by atoms with Crippen molar-refractivity contribution < 1.29 is 14.3 Å². The second-order valence-corrected chi connectivity index (χ2v) is 5.54. The highest BCUT2D eigenvalue weighted by molar-refractivity contribution is 5.89. The van der Waals surface area contributed by atoms with Gasteiger partial charge in [-0.3, -0.25) is 4.79 Å². The third-order valence-corrected chi connectivity index (χ3v) is 4.19. The van der Waals surface area contributed by atoms with E-state index in [1.165, 1.54) is 0 Å². The fraction of sp³-hybridized carbons (Fsp3) is 0.278. The lowest BCUT2D eigenvalue weighted by molar-refractivity contribution is -0.150. The lowest BCUT2D eigenvalue weighted by Gasteiger charge is -2.46. The van der Waals surface area contributed by atoms with Crippen molar-refractivity contribution in [1.82, 2.24) is 4.90 Å². The Hall–Kier alpha value is -2.53. The van der Waals surface area contributed by atoms with Crippen molar-refractivity contribution in [2.24, 2.45) is 5.73 Å². The maximum absolute atomic E-state index is 12.2. The molecule has 1 heterocycles. The Morgan fingerprint density at radius 1 is 1.04 bits per heavy atom. The Morgan fingerprint density at radius 2 is 1.74 bits per heavy atom. The van der Waals surface area contributed by atoms with Crippen molar-refractivity contribution in [2.45, 2.75) is 18.6 Å². The molecule has 0 bridgehead atoms. The van der Waals surface area contributed by atoms with E-state index in [2.05, 4.69) is 0 Å². The molecular formula is C18H20N2O3. The van der Waals surface area contributed by atoms with Crippen LogP contribution < -0.4 is 15.2 Å². The van der Waals surface area contributed by atoms with Gasteiger partial charge >= 0.3 is 0 Å². The number of carbonyl (C=O) groups is 1. The van der Waals surface area contributed by atoms with Crippen LogP contribution in [0.4, 0.5) is 0 Å². The summed E-state index contributed by atoms with van der Waals surface area (Å²) in [7, 11) is 3.19. The molecule has 120 valence electrons. The third kappa shape index (κ3) is 2.75. The largest absolute Gasteiger partial charge is 0.493 e. The van der Waals surface area contributed by atoms with Gasteiger partial charge in [0.2, 0.25) is 5.91 Å². The number of methoxy groups -OCH3 is 2. The molecule has 2 aromatic rings. The first-order valence-electron chi connectivity index (χ1n) is 7.47. The highest BCUT2D eigenvalue weighted by Crippen LogP contribution is 2.38. The first-order valence-corrected chi connectivity index (χ1v) is 7.47. The SMILES string of the molecule is COc1ccc([C@@H]2[C@@H](N)C(=O)N2Cc2ccccc2)cc1OC. The minimum Gasteiger partial charge on any atom is -0.493 e. The Labute approximate surface area is 135 Å². The summed E-state index contributed by atoms with van der Waals surface area (Å²) >= 11 is 0. The number of ether oxygens (including phenoxy) is 2. The Bertz CT molecular complexity index is 703. The van der Waals surface area contributed by atoms with Crippen LogP contribution in [0, 0.1) is 0 Å². The molecule has 0 aromatic heterocycles. The van der Waals surface area contributed by atoms with Gasteiger partial charge < -0.3 is 20.1 Å². The third-order valence-electron chi connectivity index (χ3n) is 4.19. The van der Waals surface area contributed by atoms with Crippen molar-refractivity contribution in [3.8, 4) is 11.5 Å². The number of β-lactam (4-membered cyclic amide) rings is 1. The minimum absolute atomic E-state index is 0.0337. The second kappa shape index (κ2) is 6.30. The van der Waals surface area contributed by atoms with Crippen LogP contribution in [0.15, 0.2) is 48.5 Å². The average molecular weight is 312 g/mol. The summed E-state index contributed by atoms with van der Waals surface area (Å²) in [6.45, 7) is 0.548. The topological polar surface area (TPSA) is 64.8 Å². The van der Waals surface area contributed by atoms with Crippen LogP contribution in [0.3, 0.4) is 0 Å². The number of amides is 1. The summed E-state index contributed by atoms with van der Waals surface area (Å²) in [4.78, 5) is 14.0. The number of hydrogen-bond acceptors (Lipinski definition) is 4. The molecule has 1 aliphatic heterocycles. The monoisotopic (exact) mass is 312 g/mol. The van der Waals surface area contributed by atoms with Gasteiger partial charge in [0.15, 0.2) is 11.5 Å². The predicted octanol–water partition coefficient (Wildman–Crippen LogP) is 2.11. The van der Waals surface area contributed by atoms with Crippen LogP contribution in [0.1, 0.15) is 17.2 Å². The Kier molecular flexibility index (Phi) is 4.21. The number of nitrogens with two attached hydrogens (primary N) is 1. The fourth-order valence-electron chi connectivity index (χ4n) is 2.96. The normalized spacial score (nSPS) is 20.1. The molecular weight excluding hydrogens is 292 g/mol. The van der Waals surface area contributed by atoms with Gasteiger partial charge in [-0.05, 0) is 23.3 Å². The van der Waals surface area contributed by atoms with E-state index in [0.29, 0.717) is 18.0 Å².